The van der Waals surface area contributed by atoms with Crippen molar-refractivity contribution < 1.29 is 9.47 Å². The molecule has 0 spiro atoms. The lowest BCUT2D eigenvalue weighted by Crippen LogP contribution is -2.31. The summed E-state index contributed by atoms with van der Waals surface area (Å²) >= 11 is 0. The number of ether oxygens (including phenoxy) is 2. The molecule has 0 radical (unpaired) electrons. The maximum atomic E-state index is 12.9. The van der Waals surface area contributed by atoms with Crippen LogP contribution in [0.3, 0.4) is 0 Å². The fourth-order valence-corrected chi connectivity index (χ4v) is 4.80. The molecule has 7 heteroatoms. The van der Waals surface area contributed by atoms with E-state index in [9.17, 15) is 4.79 Å². The highest BCUT2D eigenvalue weighted by atomic mass is 16.5. The average molecular weight is 453 g/mol. The third-order valence-electron chi connectivity index (χ3n) is 6.58. The number of hydrogen-bond acceptors (Lipinski definition) is 5. The number of rotatable bonds is 11. The summed E-state index contributed by atoms with van der Waals surface area (Å²) < 4.78 is 12.7. The Labute approximate surface area is 195 Å². The van der Waals surface area contributed by atoms with Gasteiger partial charge in [-0.25, -0.2) is 4.79 Å². The number of nitrogens with zero attached hydrogens (tertiary/aromatic N) is 2. The van der Waals surface area contributed by atoms with Crippen LogP contribution in [0.2, 0.25) is 0 Å². The number of hydrogen-bond donors (Lipinski definition) is 2. The molecule has 1 aromatic heterocycles. The van der Waals surface area contributed by atoms with E-state index in [1.54, 1.807) is 14.2 Å². The van der Waals surface area contributed by atoms with E-state index in [0.717, 1.165) is 47.7 Å². The van der Waals surface area contributed by atoms with Crippen LogP contribution in [0.5, 0.6) is 0 Å². The molecule has 2 aromatic carbocycles. The molecule has 0 atom stereocenters. The second kappa shape index (κ2) is 11.4. The van der Waals surface area contributed by atoms with Crippen molar-refractivity contribution in [1.29, 1.82) is 0 Å². The third kappa shape index (κ3) is 5.78. The summed E-state index contributed by atoms with van der Waals surface area (Å²) in [6.45, 7) is 3.45. The molecule has 1 heterocycles. The van der Waals surface area contributed by atoms with Gasteiger partial charge in [0.25, 0.3) is 0 Å². The first-order valence-electron chi connectivity index (χ1n) is 12.0. The topological polar surface area (TPSA) is 71.5 Å². The Balaban J connectivity index is 1.76. The lowest BCUT2D eigenvalue weighted by atomic mass is 9.89. The summed E-state index contributed by atoms with van der Waals surface area (Å²) in [6, 6.07) is 14.3. The number of para-hydroxylation sites is 1. The van der Waals surface area contributed by atoms with Crippen LogP contribution in [0.15, 0.2) is 47.3 Å². The third-order valence-corrected chi connectivity index (χ3v) is 6.58. The predicted molar refractivity (Wildman–Crippen MR) is 135 cm³/mol. The van der Waals surface area contributed by atoms with E-state index in [4.69, 9.17) is 9.47 Å². The van der Waals surface area contributed by atoms with Gasteiger partial charge in [-0.15, -0.1) is 0 Å². The molecule has 1 aliphatic carbocycles. The number of imidazole rings is 1. The minimum Gasteiger partial charge on any atom is -0.383 e. The Morgan fingerprint density at radius 2 is 1.73 bits per heavy atom. The molecule has 1 saturated carbocycles. The van der Waals surface area contributed by atoms with Gasteiger partial charge in [0, 0.05) is 39.5 Å². The number of fused-ring (bicyclic) bond motifs is 1. The Morgan fingerprint density at radius 3 is 2.39 bits per heavy atom. The highest BCUT2D eigenvalue weighted by Gasteiger charge is 2.20. The van der Waals surface area contributed by atoms with Gasteiger partial charge in [0.1, 0.15) is 0 Å². The minimum absolute atomic E-state index is 0.0290. The number of anilines is 3. The van der Waals surface area contributed by atoms with E-state index in [1.807, 2.05) is 34.9 Å². The molecule has 0 saturated heterocycles. The minimum atomic E-state index is -0.0290. The molecule has 1 aliphatic rings. The van der Waals surface area contributed by atoms with Crippen LogP contribution in [-0.4, -0.2) is 50.1 Å². The van der Waals surface area contributed by atoms with Crippen molar-refractivity contribution in [3.8, 4) is 0 Å². The van der Waals surface area contributed by atoms with Gasteiger partial charge in [-0.05, 0) is 43.0 Å². The molecule has 0 amide bonds. The maximum Gasteiger partial charge on any atom is 0.326 e. The molecule has 33 heavy (non-hydrogen) atoms. The smallest absolute Gasteiger partial charge is 0.326 e. The molecule has 1 fully saturated rings. The Hall–Kier alpha value is -2.77. The van der Waals surface area contributed by atoms with Crippen molar-refractivity contribution in [3.05, 3.63) is 52.9 Å². The van der Waals surface area contributed by atoms with Crippen LogP contribution in [0, 0.1) is 5.92 Å². The second-order valence-corrected chi connectivity index (χ2v) is 8.89. The van der Waals surface area contributed by atoms with E-state index in [1.165, 1.54) is 32.1 Å². The van der Waals surface area contributed by atoms with Crippen LogP contribution in [-0.2, 0) is 16.0 Å². The van der Waals surface area contributed by atoms with Crippen molar-refractivity contribution in [2.24, 2.45) is 5.92 Å². The van der Waals surface area contributed by atoms with Gasteiger partial charge in [-0.2, -0.15) is 0 Å². The molecule has 0 unspecified atom stereocenters. The average Bonchev–Trinajstić information content (AvgIpc) is 3.14. The lowest BCUT2D eigenvalue weighted by Gasteiger charge is -2.27. The standard InChI is InChI=1S/C26H36N4O3/c1-32-15-13-29(14-16-33-2)24-18-25-23(17-22(24)27-21-11-7-4-8-12-21)28-26(31)30(25)19-20-9-5-3-6-10-20/h4,7-8,11-12,17-18,20,27H,3,5-6,9-10,13-16,19H2,1-2H3,(H,28,31). The molecule has 0 aliphatic heterocycles. The molecular formula is C26H36N4O3. The van der Waals surface area contributed by atoms with Crippen LogP contribution in [0.4, 0.5) is 17.1 Å². The molecule has 0 bridgehead atoms. The summed E-state index contributed by atoms with van der Waals surface area (Å²) in [5, 5.41) is 3.55. The van der Waals surface area contributed by atoms with Crippen LogP contribution >= 0.6 is 0 Å². The number of aromatic amines is 1. The molecule has 4 rings (SSSR count). The predicted octanol–water partition coefficient (Wildman–Crippen LogP) is 4.75. The van der Waals surface area contributed by atoms with Gasteiger partial charge in [-0.1, -0.05) is 37.5 Å². The van der Waals surface area contributed by atoms with Gasteiger partial charge in [0.15, 0.2) is 0 Å². The Bertz CT molecular complexity index is 1060. The first-order chi connectivity index (χ1) is 16.2. The maximum absolute atomic E-state index is 12.9. The monoisotopic (exact) mass is 452 g/mol. The van der Waals surface area contributed by atoms with E-state index < -0.39 is 0 Å². The van der Waals surface area contributed by atoms with Crippen molar-refractivity contribution in [2.45, 2.75) is 38.6 Å². The van der Waals surface area contributed by atoms with Gasteiger partial charge < -0.3 is 24.7 Å². The van der Waals surface area contributed by atoms with Gasteiger partial charge in [0.2, 0.25) is 0 Å². The molecular weight excluding hydrogens is 416 g/mol. The van der Waals surface area contributed by atoms with E-state index in [0.29, 0.717) is 19.1 Å². The van der Waals surface area contributed by atoms with Gasteiger partial charge in [0.05, 0.1) is 35.6 Å². The molecule has 178 valence electrons. The van der Waals surface area contributed by atoms with Gasteiger partial charge in [-0.3, -0.25) is 4.57 Å². The quantitative estimate of drug-likeness (QED) is 0.439. The molecule has 7 nitrogen and oxygen atoms in total. The fourth-order valence-electron chi connectivity index (χ4n) is 4.80. The number of H-pyrrole nitrogens is 1. The van der Waals surface area contributed by atoms with Gasteiger partial charge >= 0.3 is 5.69 Å². The van der Waals surface area contributed by atoms with Crippen LogP contribution in [0.25, 0.3) is 11.0 Å². The summed E-state index contributed by atoms with van der Waals surface area (Å²) in [5.74, 6) is 0.569. The van der Waals surface area contributed by atoms with Crippen molar-refractivity contribution >= 4 is 28.1 Å². The zero-order valence-corrected chi connectivity index (χ0v) is 19.8. The second-order valence-electron chi connectivity index (χ2n) is 8.89. The lowest BCUT2D eigenvalue weighted by molar-refractivity contribution is 0.190. The first kappa shape index (κ1) is 23.4. The van der Waals surface area contributed by atoms with Crippen LogP contribution < -0.4 is 15.9 Å². The summed E-state index contributed by atoms with van der Waals surface area (Å²) in [4.78, 5) is 18.3. The van der Waals surface area contributed by atoms with Crippen molar-refractivity contribution in [1.82, 2.24) is 9.55 Å². The van der Waals surface area contributed by atoms with Crippen molar-refractivity contribution in [2.75, 3.05) is 50.7 Å². The number of aromatic nitrogens is 2. The fraction of sp³-hybridized carbons (Fsp3) is 0.500. The molecule has 3 aromatic rings. The highest BCUT2D eigenvalue weighted by Crippen LogP contribution is 2.34. The summed E-state index contributed by atoms with van der Waals surface area (Å²) in [6.07, 6.45) is 6.24. The zero-order valence-electron chi connectivity index (χ0n) is 19.8. The number of nitrogens with one attached hydrogen (secondary N) is 2. The van der Waals surface area contributed by atoms with E-state index >= 15 is 0 Å². The summed E-state index contributed by atoms with van der Waals surface area (Å²) in [5.41, 5.74) is 4.78. The SMILES string of the molecule is COCCN(CCOC)c1cc2c(cc1Nc1ccccc1)[nH]c(=O)n2CC1CCCCC1. The molecule has 2 N–H and O–H groups in total. The Morgan fingerprint density at radius 1 is 1.03 bits per heavy atom. The highest BCUT2D eigenvalue weighted by molar-refractivity contribution is 5.90. The first-order valence-corrected chi connectivity index (χ1v) is 12.0. The van der Waals surface area contributed by atoms with Crippen LogP contribution in [0.1, 0.15) is 32.1 Å². The number of benzene rings is 2. The summed E-state index contributed by atoms with van der Waals surface area (Å²) in [7, 11) is 3.43. The largest absolute Gasteiger partial charge is 0.383 e. The normalized spacial score (nSPS) is 14.6. The van der Waals surface area contributed by atoms with E-state index in [2.05, 4.69) is 27.3 Å². The number of methoxy groups -OCH3 is 2. The van der Waals surface area contributed by atoms with E-state index in [-0.39, 0.29) is 5.69 Å². The van der Waals surface area contributed by atoms with Crippen molar-refractivity contribution in [3.63, 3.8) is 0 Å². The Kier molecular flexibility index (Phi) is 8.07. The zero-order chi connectivity index (χ0) is 23.0.